The van der Waals surface area contributed by atoms with Crippen LogP contribution in [0.5, 0.6) is 5.75 Å². The van der Waals surface area contributed by atoms with Crippen LogP contribution in [0.2, 0.25) is 0 Å². The molecule has 2 heterocycles. The molecule has 0 aliphatic rings. The number of phenolic OH excluding ortho intramolecular Hbond substituents is 1. The van der Waals surface area contributed by atoms with Crippen LogP contribution in [0.1, 0.15) is 16.1 Å². The highest BCUT2D eigenvalue weighted by Crippen LogP contribution is 2.12. The largest absolute Gasteiger partial charge is 0.508 e. The van der Waals surface area contributed by atoms with Crippen LogP contribution in [0.15, 0.2) is 48.8 Å². The number of rotatable bonds is 5. The number of carboxylic acid groups (broad SMARTS) is 1. The number of carbonyl (C=O) groups excluding carboxylic acids is 1. The normalized spacial score (nSPS) is 12.0. The molecule has 0 fully saturated rings. The Labute approximate surface area is 136 Å². The highest BCUT2D eigenvalue weighted by molar-refractivity contribution is 5.95. The van der Waals surface area contributed by atoms with Crippen LogP contribution >= 0.6 is 0 Å². The van der Waals surface area contributed by atoms with Crippen LogP contribution in [0.25, 0.3) is 5.65 Å². The van der Waals surface area contributed by atoms with E-state index in [0.29, 0.717) is 11.2 Å². The Morgan fingerprint density at radius 2 is 1.92 bits per heavy atom. The number of benzene rings is 1. The molecule has 3 N–H and O–H groups in total. The van der Waals surface area contributed by atoms with Gasteiger partial charge in [-0.3, -0.25) is 9.20 Å². The molecule has 0 aliphatic heterocycles. The zero-order valence-electron chi connectivity index (χ0n) is 12.5. The van der Waals surface area contributed by atoms with E-state index < -0.39 is 17.9 Å². The molecule has 1 atom stereocenters. The molecule has 0 spiro atoms. The molecular formula is C16H14N4O4. The van der Waals surface area contributed by atoms with E-state index in [1.807, 2.05) is 0 Å². The number of phenols is 1. The van der Waals surface area contributed by atoms with Crippen molar-refractivity contribution in [3.05, 3.63) is 60.0 Å². The monoisotopic (exact) mass is 326 g/mol. The molecule has 1 unspecified atom stereocenters. The Balaban J connectivity index is 1.80. The number of nitrogens with one attached hydrogen (secondary N) is 1. The molecule has 1 aromatic carbocycles. The number of carbonyl (C=O) groups is 2. The van der Waals surface area contributed by atoms with Gasteiger partial charge in [0.25, 0.3) is 5.91 Å². The minimum absolute atomic E-state index is 0.0916. The lowest BCUT2D eigenvalue weighted by atomic mass is 10.1. The van der Waals surface area contributed by atoms with Crippen LogP contribution in [-0.4, -0.2) is 42.7 Å². The van der Waals surface area contributed by atoms with Gasteiger partial charge >= 0.3 is 5.97 Å². The van der Waals surface area contributed by atoms with Crippen LogP contribution in [0.4, 0.5) is 0 Å². The summed E-state index contributed by atoms with van der Waals surface area (Å²) in [5.74, 6) is -1.59. The van der Waals surface area contributed by atoms with Crippen molar-refractivity contribution < 1.29 is 19.8 Å². The van der Waals surface area contributed by atoms with Crippen molar-refractivity contribution in [1.29, 1.82) is 0 Å². The second kappa shape index (κ2) is 6.37. The number of aliphatic carboxylic acids is 1. The summed E-state index contributed by atoms with van der Waals surface area (Å²) in [4.78, 5) is 23.9. The summed E-state index contributed by atoms with van der Waals surface area (Å²) in [5.41, 5.74) is 1.42. The van der Waals surface area contributed by atoms with Gasteiger partial charge < -0.3 is 15.5 Å². The number of hydrogen-bond acceptors (Lipinski definition) is 5. The minimum atomic E-state index is -1.15. The molecule has 8 nitrogen and oxygen atoms in total. The van der Waals surface area contributed by atoms with E-state index in [1.54, 1.807) is 30.3 Å². The van der Waals surface area contributed by atoms with Crippen LogP contribution in [-0.2, 0) is 11.2 Å². The molecule has 3 rings (SSSR count). The van der Waals surface area contributed by atoms with Gasteiger partial charge in [0.2, 0.25) is 0 Å². The average Bonchev–Trinajstić information content (AvgIpc) is 3.04. The molecule has 0 saturated heterocycles. The van der Waals surface area contributed by atoms with Crippen LogP contribution < -0.4 is 5.32 Å². The highest BCUT2D eigenvalue weighted by atomic mass is 16.4. The lowest BCUT2D eigenvalue weighted by Crippen LogP contribution is -2.42. The topological polar surface area (TPSA) is 117 Å². The Kier molecular flexibility index (Phi) is 4.11. The molecular weight excluding hydrogens is 312 g/mol. The molecule has 24 heavy (non-hydrogen) atoms. The fraction of sp³-hybridized carbons (Fsp3) is 0.125. The van der Waals surface area contributed by atoms with Crippen molar-refractivity contribution in [2.45, 2.75) is 12.5 Å². The quantitative estimate of drug-likeness (QED) is 0.640. The van der Waals surface area contributed by atoms with E-state index in [1.165, 1.54) is 22.9 Å². The lowest BCUT2D eigenvalue weighted by Gasteiger charge is -2.15. The molecule has 2 aromatic heterocycles. The number of aromatic hydroxyl groups is 1. The van der Waals surface area contributed by atoms with Gasteiger partial charge in [-0.2, -0.15) is 0 Å². The maximum absolute atomic E-state index is 12.4. The number of fused-ring (bicyclic) bond motifs is 1. The van der Waals surface area contributed by atoms with E-state index >= 15 is 0 Å². The molecule has 122 valence electrons. The summed E-state index contributed by atoms with van der Waals surface area (Å²) in [7, 11) is 0. The second-order valence-corrected chi connectivity index (χ2v) is 5.21. The van der Waals surface area contributed by atoms with Crippen molar-refractivity contribution in [3.8, 4) is 5.75 Å². The summed E-state index contributed by atoms with van der Waals surface area (Å²) in [6.07, 6.45) is 1.49. The standard InChI is InChI=1S/C16H14N4O4/c21-11-6-4-10(5-7-11)8-12(16(23)24)18-15(22)13-2-1-3-14-19-17-9-20(13)14/h1-7,9,12,21H,8H2,(H,18,22)(H,23,24). The lowest BCUT2D eigenvalue weighted by molar-refractivity contribution is -0.139. The Hall–Kier alpha value is -3.42. The summed E-state index contributed by atoms with van der Waals surface area (Å²) < 4.78 is 1.48. The fourth-order valence-electron chi connectivity index (χ4n) is 2.33. The van der Waals surface area contributed by atoms with Gasteiger partial charge in [0, 0.05) is 6.42 Å². The maximum Gasteiger partial charge on any atom is 0.326 e. The summed E-state index contributed by atoms with van der Waals surface area (Å²) >= 11 is 0. The molecule has 0 aliphatic carbocycles. The molecule has 0 radical (unpaired) electrons. The molecule has 0 saturated carbocycles. The van der Waals surface area contributed by atoms with Gasteiger partial charge in [-0.25, -0.2) is 4.79 Å². The number of aromatic nitrogens is 3. The van der Waals surface area contributed by atoms with Crippen molar-refractivity contribution in [1.82, 2.24) is 19.9 Å². The first-order chi connectivity index (χ1) is 11.5. The van der Waals surface area contributed by atoms with Crippen molar-refractivity contribution >= 4 is 17.5 Å². The van der Waals surface area contributed by atoms with Crippen molar-refractivity contribution in [2.24, 2.45) is 0 Å². The van der Waals surface area contributed by atoms with Crippen LogP contribution in [0.3, 0.4) is 0 Å². The summed E-state index contributed by atoms with van der Waals surface area (Å²) in [6.45, 7) is 0. The van der Waals surface area contributed by atoms with Gasteiger partial charge in [-0.05, 0) is 29.8 Å². The third-order valence-electron chi connectivity index (χ3n) is 3.55. The zero-order chi connectivity index (χ0) is 17.1. The van der Waals surface area contributed by atoms with Gasteiger partial charge in [0.05, 0.1) is 0 Å². The van der Waals surface area contributed by atoms with Gasteiger partial charge in [-0.15, -0.1) is 10.2 Å². The van der Waals surface area contributed by atoms with Gasteiger partial charge in [0.15, 0.2) is 5.65 Å². The van der Waals surface area contributed by atoms with E-state index in [4.69, 9.17) is 0 Å². The van der Waals surface area contributed by atoms with E-state index in [0.717, 1.165) is 0 Å². The predicted molar refractivity (Wildman–Crippen MR) is 83.7 cm³/mol. The predicted octanol–water partition coefficient (Wildman–Crippen LogP) is 0.861. The highest BCUT2D eigenvalue weighted by Gasteiger charge is 2.22. The number of pyridine rings is 1. The van der Waals surface area contributed by atoms with Crippen molar-refractivity contribution in [2.75, 3.05) is 0 Å². The first kappa shape index (κ1) is 15.5. The van der Waals surface area contributed by atoms with E-state index in [9.17, 15) is 19.8 Å². The Bertz CT molecular complexity index is 888. The maximum atomic E-state index is 12.4. The van der Waals surface area contributed by atoms with Gasteiger partial charge in [0.1, 0.15) is 23.8 Å². The average molecular weight is 326 g/mol. The molecule has 1 amide bonds. The first-order valence-corrected chi connectivity index (χ1v) is 7.15. The van der Waals surface area contributed by atoms with E-state index in [-0.39, 0.29) is 17.9 Å². The third-order valence-corrected chi connectivity index (χ3v) is 3.55. The SMILES string of the molecule is O=C(NC(Cc1ccc(O)cc1)C(=O)O)c1cccc2nncn12. The number of amides is 1. The summed E-state index contributed by atoms with van der Waals surface area (Å²) in [5, 5.41) is 28.7. The van der Waals surface area contributed by atoms with E-state index in [2.05, 4.69) is 15.5 Å². The number of hydrogen-bond donors (Lipinski definition) is 3. The smallest absolute Gasteiger partial charge is 0.326 e. The number of nitrogens with zero attached hydrogens (tertiary/aromatic N) is 3. The molecule has 8 heteroatoms. The Morgan fingerprint density at radius 1 is 1.17 bits per heavy atom. The zero-order valence-corrected chi connectivity index (χ0v) is 12.5. The van der Waals surface area contributed by atoms with Gasteiger partial charge in [-0.1, -0.05) is 18.2 Å². The first-order valence-electron chi connectivity index (χ1n) is 7.15. The third kappa shape index (κ3) is 3.17. The second-order valence-electron chi connectivity index (χ2n) is 5.21. The summed E-state index contributed by atoms with van der Waals surface area (Å²) in [6, 6.07) is 9.95. The number of carboxylic acids is 1. The Morgan fingerprint density at radius 3 is 2.62 bits per heavy atom. The van der Waals surface area contributed by atoms with Crippen LogP contribution in [0, 0.1) is 0 Å². The molecule has 3 aromatic rings. The molecule has 0 bridgehead atoms. The fourth-order valence-corrected chi connectivity index (χ4v) is 2.33. The van der Waals surface area contributed by atoms with Crippen molar-refractivity contribution in [3.63, 3.8) is 0 Å². The minimum Gasteiger partial charge on any atom is -0.508 e.